The summed E-state index contributed by atoms with van der Waals surface area (Å²) in [5, 5.41) is 2.83. The molecule has 1 saturated heterocycles. The standard InChI is InChI=1S/C23H28N6O3S/c1-16-13-23(2,3)29(15-16)21-18(8-6-12-25-21)22(30)28-33(31,32)20-10-4-9-19(27-20)26-14-17-7-5-11-24-17/h4-6,8-12,16H,7,13-15H2,1-3H3,(H,26,27)(H,28,30). The van der Waals surface area contributed by atoms with Crippen LogP contribution < -0.4 is 14.9 Å². The Hall–Kier alpha value is -3.27. The third-order valence-corrected chi connectivity index (χ3v) is 7.01. The maximum Gasteiger partial charge on any atom is 0.281 e. The van der Waals surface area contributed by atoms with Gasteiger partial charge >= 0.3 is 0 Å². The highest BCUT2D eigenvalue weighted by atomic mass is 32.2. The number of sulfonamides is 1. The minimum absolute atomic E-state index is 0.192. The predicted molar refractivity (Wildman–Crippen MR) is 128 cm³/mol. The molecule has 4 heterocycles. The molecule has 0 radical (unpaired) electrons. The third-order valence-electron chi connectivity index (χ3n) is 5.78. The number of rotatable bonds is 7. The largest absolute Gasteiger partial charge is 0.365 e. The van der Waals surface area contributed by atoms with Gasteiger partial charge in [0.15, 0.2) is 5.03 Å². The monoisotopic (exact) mass is 468 g/mol. The van der Waals surface area contributed by atoms with Gasteiger partial charge in [0.25, 0.3) is 15.9 Å². The number of pyridine rings is 2. The fourth-order valence-electron chi connectivity index (χ4n) is 4.35. The summed E-state index contributed by atoms with van der Waals surface area (Å²) >= 11 is 0. The van der Waals surface area contributed by atoms with Crippen molar-refractivity contribution in [2.24, 2.45) is 10.9 Å². The Morgan fingerprint density at radius 3 is 2.76 bits per heavy atom. The minimum Gasteiger partial charge on any atom is -0.365 e. The van der Waals surface area contributed by atoms with E-state index in [1.807, 2.05) is 6.08 Å². The van der Waals surface area contributed by atoms with Gasteiger partial charge in [0.1, 0.15) is 11.6 Å². The molecule has 10 heteroatoms. The Balaban J connectivity index is 1.53. The SMILES string of the molecule is CC1CN(c2ncccc2C(=O)NS(=O)(=O)c2cccc(NCC3=NC=CC3)n2)C(C)(C)C1. The molecule has 0 bridgehead atoms. The molecule has 0 aliphatic carbocycles. The Morgan fingerprint density at radius 2 is 2.06 bits per heavy atom. The Kier molecular flexibility index (Phi) is 6.20. The Labute approximate surface area is 194 Å². The van der Waals surface area contributed by atoms with Gasteiger partial charge < -0.3 is 10.2 Å². The first-order chi connectivity index (χ1) is 15.7. The lowest BCUT2D eigenvalue weighted by Crippen LogP contribution is -2.41. The second kappa shape index (κ2) is 8.93. The number of allylic oxidation sites excluding steroid dienone is 1. The number of hydrogen-bond acceptors (Lipinski definition) is 8. The summed E-state index contributed by atoms with van der Waals surface area (Å²) in [6.45, 7) is 7.54. The van der Waals surface area contributed by atoms with Crippen LogP contribution in [0.5, 0.6) is 0 Å². The molecule has 0 spiro atoms. The zero-order valence-corrected chi connectivity index (χ0v) is 19.8. The van der Waals surface area contributed by atoms with Gasteiger partial charge in [0.05, 0.1) is 12.1 Å². The molecule has 1 atom stereocenters. The smallest absolute Gasteiger partial charge is 0.281 e. The van der Waals surface area contributed by atoms with Crippen LogP contribution in [0, 0.1) is 5.92 Å². The lowest BCUT2D eigenvalue weighted by atomic mass is 9.97. The summed E-state index contributed by atoms with van der Waals surface area (Å²) in [7, 11) is -4.19. The number of carbonyl (C=O) groups excluding carboxylic acids is 1. The van der Waals surface area contributed by atoms with Gasteiger partial charge in [-0.15, -0.1) is 0 Å². The summed E-state index contributed by atoms with van der Waals surface area (Å²) in [6.07, 6.45) is 6.99. The molecule has 1 fully saturated rings. The molecule has 9 nitrogen and oxygen atoms in total. The minimum atomic E-state index is -4.19. The second-order valence-electron chi connectivity index (χ2n) is 9.04. The van der Waals surface area contributed by atoms with Crippen molar-refractivity contribution in [1.29, 1.82) is 0 Å². The molecule has 174 valence electrons. The van der Waals surface area contributed by atoms with Gasteiger partial charge in [-0.2, -0.15) is 8.42 Å². The fraction of sp³-hybridized carbons (Fsp3) is 0.391. The highest BCUT2D eigenvalue weighted by Gasteiger charge is 2.39. The van der Waals surface area contributed by atoms with Crippen LogP contribution in [0.25, 0.3) is 0 Å². The highest BCUT2D eigenvalue weighted by Crippen LogP contribution is 2.37. The van der Waals surface area contributed by atoms with Crippen LogP contribution in [-0.4, -0.2) is 48.6 Å². The summed E-state index contributed by atoms with van der Waals surface area (Å²) in [5.41, 5.74) is 0.952. The van der Waals surface area contributed by atoms with Gasteiger partial charge in [-0.25, -0.2) is 14.7 Å². The van der Waals surface area contributed by atoms with E-state index in [-0.39, 0.29) is 16.1 Å². The van der Waals surface area contributed by atoms with E-state index in [0.29, 0.717) is 24.1 Å². The lowest BCUT2D eigenvalue weighted by Gasteiger charge is -2.33. The van der Waals surface area contributed by atoms with E-state index in [9.17, 15) is 13.2 Å². The third kappa shape index (κ3) is 5.05. The summed E-state index contributed by atoms with van der Waals surface area (Å²) < 4.78 is 28.1. The first-order valence-electron chi connectivity index (χ1n) is 10.9. The maximum atomic E-state index is 13.1. The van der Waals surface area contributed by atoms with E-state index in [0.717, 1.165) is 25.1 Å². The van der Waals surface area contributed by atoms with Crippen molar-refractivity contribution in [1.82, 2.24) is 14.7 Å². The van der Waals surface area contributed by atoms with E-state index in [1.165, 1.54) is 6.07 Å². The number of nitrogens with one attached hydrogen (secondary N) is 2. The van der Waals surface area contributed by atoms with Crippen molar-refractivity contribution in [3.63, 3.8) is 0 Å². The normalized spacial score (nSPS) is 19.4. The van der Waals surface area contributed by atoms with Crippen LogP contribution in [-0.2, 0) is 10.0 Å². The second-order valence-corrected chi connectivity index (χ2v) is 10.7. The van der Waals surface area contributed by atoms with Gasteiger partial charge in [0.2, 0.25) is 0 Å². The van der Waals surface area contributed by atoms with Crippen LogP contribution in [0.2, 0.25) is 0 Å². The van der Waals surface area contributed by atoms with E-state index in [1.54, 1.807) is 36.7 Å². The first-order valence-corrected chi connectivity index (χ1v) is 12.4. The molecule has 2 aromatic rings. The van der Waals surface area contributed by atoms with Crippen molar-refractivity contribution in [2.45, 2.75) is 44.2 Å². The number of anilines is 2. The van der Waals surface area contributed by atoms with Crippen molar-refractivity contribution >= 4 is 33.3 Å². The molecule has 2 aliphatic rings. The maximum absolute atomic E-state index is 13.1. The van der Waals surface area contributed by atoms with Crippen molar-refractivity contribution in [2.75, 3.05) is 23.3 Å². The quantitative estimate of drug-likeness (QED) is 0.642. The number of amides is 1. The number of aliphatic imine (C=N–C) groups is 1. The van der Waals surface area contributed by atoms with Crippen LogP contribution in [0.4, 0.5) is 11.6 Å². The molecule has 2 aliphatic heterocycles. The lowest BCUT2D eigenvalue weighted by molar-refractivity contribution is 0.0981. The Bertz CT molecular complexity index is 1220. The number of nitrogens with zero attached hydrogens (tertiary/aromatic N) is 4. The summed E-state index contributed by atoms with van der Waals surface area (Å²) in [5.74, 6) is 0.565. The van der Waals surface area contributed by atoms with Crippen molar-refractivity contribution < 1.29 is 13.2 Å². The summed E-state index contributed by atoms with van der Waals surface area (Å²) in [6, 6.07) is 7.81. The van der Waals surface area contributed by atoms with Gasteiger partial charge in [-0.3, -0.25) is 9.79 Å². The molecular formula is C23H28N6O3S. The Morgan fingerprint density at radius 1 is 1.24 bits per heavy atom. The van der Waals surface area contributed by atoms with E-state index in [4.69, 9.17) is 0 Å². The molecule has 2 N–H and O–H groups in total. The zero-order valence-electron chi connectivity index (χ0n) is 18.9. The van der Waals surface area contributed by atoms with E-state index < -0.39 is 15.9 Å². The number of aromatic nitrogens is 2. The fourth-order valence-corrected chi connectivity index (χ4v) is 5.29. The molecular weight excluding hydrogens is 440 g/mol. The summed E-state index contributed by atoms with van der Waals surface area (Å²) in [4.78, 5) is 27.9. The molecule has 0 saturated carbocycles. The van der Waals surface area contributed by atoms with Crippen LogP contribution in [0.1, 0.15) is 44.0 Å². The highest BCUT2D eigenvalue weighted by molar-refractivity contribution is 7.90. The van der Waals surface area contributed by atoms with E-state index >= 15 is 0 Å². The first kappa shape index (κ1) is 22.9. The molecule has 33 heavy (non-hydrogen) atoms. The average Bonchev–Trinajstić information content (AvgIpc) is 3.38. The molecule has 1 amide bonds. The van der Waals surface area contributed by atoms with Gasteiger partial charge in [-0.1, -0.05) is 19.1 Å². The molecule has 1 unspecified atom stereocenters. The van der Waals surface area contributed by atoms with Gasteiger partial charge in [0, 0.05) is 36.6 Å². The van der Waals surface area contributed by atoms with Crippen molar-refractivity contribution in [3.05, 3.63) is 54.4 Å². The topological polar surface area (TPSA) is 117 Å². The molecule has 0 aromatic carbocycles. The number of carbonyl (C=O) groups is 1. The number of hydrogen-bond donors (Lipinski definition) is 2. The van der Waals surface area contributed by atoms with Gasteiger partial charge in [-0.05, 0) is 50.5 Å². The van der Waals surface area contributed by atoms with Crippen LogP contribution in [0.3, 0.4) is 0 Å². The average molecular weight is 469 g/mol. The molecule has 4 rings (SSSR count). The molecule has 2 aromatic heterocycles. The van der Waals surface area contributed by atoms with Crippen molar-refractivity contribution in [3.8, 4) is 0 Å². The van der Waals surface area contributed by atoms with Crippen LogP contribution >= 0.6 is 0 Å². The van der Waals surface area contributed by atoms with Crippen LogP contribution in [0.15, 0.2) is 58.8 Å². The predicted octanol–water partition coefficient (Wildman–Crippen LogP) is 2.99. The zero-order chi connectivity index (χ0) is 23.6. The van der Waals surface area contributed by atoms with E-state index in [2.05, 4.69) is 50.7 Å².